The van der Waals surface area contributed by atoms with Gasteiger partial charge in [0, 0.05) is 34.9 Å². The Kier molecular flexibility index (Phi) is 5.08. The van der Waals surface area contributed by atoms with Crippen molar-refractivity contribution in [2.24, 2.45) is 0 Å². The van der Waals surface area contributed by atoms with E-state index < -0.39 is 22.7 Å². The second kappa shape index (κ2) is 6.34. The van der Waals surface area contributed by atoms with Gasteiger partial charge in [-0.25, -0.2) is 4.79 Å². The van der Waals surface area contributed by atoms with Crippen LogP contribution in [0.1, 0.15) is 34.3 Å². The van der Waals surface area contributed by atoms with Gasteiger partial charge in [-0.05, 0) is 13.3 Å². The van der Waals surface area contributed by atoms with Crippen LogP contribution >= 0.6 is 0 Å². The van der Waals surface area contributed by atoms with E-state index in [1.807, 2.05) is 0 Å². The molecule has 0 bridgehead atoms. The normalized spacial score (nSPS) is 13.9. The van der Waals surface area contributed by atoms with Crippen molar-refractivity contribution in [1.29, 1.82) is 0 Å². The molecule has 100 valence electrons. The van der Waals surface area contributed by atoms with Gasteiger partial charge in [0.15, 0.2) is 5.76 Å². The minimum atomic E-state index is -1.15. The summed E-state index contributed by atoms with van der Waals surface area (Å²) in [5.74, 6) is -1.17. The van der Waals surface area contributed by atoms with Crippen LogP contribution in [0, 0.1) is 0 Å². The Bertz CT molecular complexity index is 468. The molecule has 6 nitrogen and oxygen atoms in total. The van der Waals surface area contributed by atoms with E-state index in [0.717, 1.165) is 6.26 Å². The summed E-state index contributed by atoms with van der Waals surface area (Å²) in [6.07, 6.45) is 3.20. The molecule has 0 aliphatic carbocycles. The van der Waals surface area contributed by atoms with Gasteiger partial charge in [-0.15, -0.1) is 0 Å². The molecular weight excluding hydrogens is 258 g/mol. The van der Waals surface area contributed by atoms with E-state index in [1.54, 1.807) is 13.2 Å². The number of aromatic carboxylic acids is 1. The summed E-state index contributed by atoms with van der Waals surface area (Å²) in [7, 11) is -0.900. The lowest BCUT2D eigenvalue weighted by Gasteiger charge is -2.11. The van der Waals surface area contributed by atoms with E-state index in [-0.39, 0.29) is 17.4 Å². The standard InChI is InChI=1S/C11H15NO5S/c1-7(3-4-18(2)16)12-10(13)9-5-8(6-17-9)11(14)15/h5-7H,3-4H2,1-2H3,(H,12,13)(H,14,15). The molecule has 1 amide bonds. The van der Waals surface area contributed by atoms with Crippen molar-refractivity contribution in [2.45, 2.75) is 19.4 Å². The summed E-state index contributed by atoms with van der Waals surface area (Å²) >= 11 is 0. The van der Waals surface area contributed by atoms with E-state index in [2.05, 4.69) is 5.32 Å². The Balaban J connectivity index is 2.53. The van der Waals surface area contributed by atoms with Gasteiger partial charge in [0.05, 0.1) is 5.56 Å². The highest BCUT2D eigenvalue weighted by atomic mass is 32.2. The molecule has 0 aliphatic heterocycles. The van der Waals surface area contributed by atoms with E-state index in [0.29, 0.717) is 12.2 Å². The van der Waals surface area contributed by atoms with E-state index in [9.17, 15) is 13.8 Å². The second-order valence-electron chi connectivity index (χ2n) is 3.95. The number of furan rings is 1. The fraction of sp³-hybridized carbons (Fsp3) is 0.455. The first-order chi connectivity index (χ1) is 8.40. The molecule has 1 rings (SSSR count). The zero-order valence-corrected chi connectivity index (χ0v) is 11.0. The number of hydrogen-bond acceptors (Lipinski definition) is 4. The summed E-state index contributed by atoms with van der Waals surface area (Å²) < 4.78 is 15.8. The van der Waals surface area contributed by atoms with Crippen molar-refractivity contribution >= 4 is 22.7 Å². The lowest BCUT2D eigenvalue weighted by Crippen LogP contribution is -2.33. The first kappa shape index (κ1) is 14.4. The molecule has 1 heterocycles. The van der Waals surface area contributed by atoms with E-state index in [1.165, 1.54) is 6.07 Å². The number of carboxylic acid groups (broad SMARTS) is 1. The Hall–Kier alpha value is -1.63. The first-order valence-electron chi connectivity index (χ1n) is 5.33. The lowest BCUT2D eigenvalue weighted by atomic mass is 10.2. The van der Waals surface area contributed by atoms with E-state index in [4.69, 9.17) is 9.52 Å². The highest BCUT2D eigenvalue weighted by Crippen LogP contribution is 2.08. The van der Waals surface area contributed by atoms with Gasteiger partial charge in [0.2, 0.25) is 0 Å². The van der Waals surface area contributed by atoms with Gasteiger partial charge in [-0.3, -0.25) is 9.00 Å². The minimum Gasteiger partial charge on any atom is -0.478 e. The van der Waals surface area contributed by atoms with Crippen LogP contribution in [0.15, 0.2) is 16.7 Å². The van der Waals surface area contributed by atoms with Crippen LogP contribution in [0.3, 0.4) is 0 Å². The molecule has 0 radical (unpaired) electrons. The fourth-order valence-electron chi connectivity index (χ4n) is 1.28. The van der Waals surface area contributed by atoms with Crippen molar-refractivity contribution in [1.82, 2.24) is 5.32 Å². The molecule has 0 saturated heterocycles. The predicted octanol–water partition coefficient (Wildman–Crippen LogP) is 0.865. The topological polar surface area (TPSA) is 96.6 Å². The van der Waals surface area contributed by atoms with Crippen LogP contribution in [0.2, 0.25) is 0 Å². The van der Waals surface area contributed by atoms with E-state index >= 15 is 0 Å². The first-order valence-corrected chi connectivity index (χ1v) is 7.05. The molecule has 2 N–H and O–H groups in total. The molecule has 0 spiro atoms. The molecule has 2 atom stereocenters. The quantitative estimate of drug-likeness (QED) is 0.801. The Morgan fingerprint density at radius 1 is 1.56 bits per heavy atom. The molecule has 7 heteroatoms. The maximum absolute atomic E-state index is 11.7. The molecule has 18 heavy (non-hydrogen) atoms. The molecule has 0 aromatic carbocycles. The van der Waals surface area contributed by atoms with Gasteiger partial charge in [-0.2, -0.15) is 0 Å². The molecular formula is C11H15NO5S. The van der Waals surface area contributed by atoms with Gasteiger partial charge in [0.1, 0.15) is 6.26 Å². The fourth-order valence-corrected chi connectivity index (χ4v) is 1.96. The van der Waals surface area contributed by atoms with Crippen molar-refractivity contribution in [2.75, 3.05) is 12.0 Å². The summed E-state index contributed by atoms with van der Waals surface area (Å²) in [5.41, 5.74) is -0.0672. The summed E-state index contributed by atoms with van der Waals surface area (Å²) in [6.45, 7) is 1.78. The van der Waals surface area contributed by atoms with Crippen molar-refractivity contribution in [3.05, 3.63) is 23.7 Å². The third-order valence-corrected chi connectivity index (χ3v) is 3.10. The monoisotopic (exact) mass is 273 g/mol. The van der Waals surface area contributed by atoms with Crippen molar-refractivity contribution < 1.29 is 23.3 Å². The number of carbonyl (C=O) groups excluding carboxylic acids is 1. The summed E-state index contributed by atoms with van der Waals surface area (Å²) in [4.78, 5) is 22.3. The van der Waals surface area contributed by atoms with Gasteiger partial charge < -0.3 is 14.8 Å². The smallest absolute Gasteiger partial charge is 0.338 e. The molecule has 2 unspecified atom stereocenters. The number of carbonyl (C=O) groups is 2. The van der Waals surface area contributed by atoms with Gasteiger partial charge in [0.25, 0.3) is 5.91 Å². The second-order valence-corrected chi connectivity index (χ2v) is 5.50. The molecule has 1 aromatic rings. The molecule has 0 aliphatic rings. The number of carboxylic acids is 1. The Labute approximate surface area is 107 Å². The summed E-state index contributed by atoms with van der Waals surface area (Å²) in [6, 6.07) is 1.02. The number of hydrogen-bond donors (Lipinski definition) is 2. The van der Waals surface area contributed by atoms with Crippen LogP contribution < -0.4 is 5.32 Å². The average molecular weight is 273 g/mol. The number of rotatable bonds is 6. The van der Waals surface area contributed by atoms with Crippen LogP contribution in [0.5, 0.6) is 0 Å². The predicted molar refractivity (Wildman–Crippen MR) is 66.1 cm³/mol. The zero-order valence-electron chi connectivity index (χ0n) is 10.1. The SMILES string of the molecule is CC(CCS(C)=O)NC(=O)c1cc(C(=O)O)co1. The molecule has 1 aromatic heterocycles. The third-order valence-electron chi connectivity index (χ3n) is 2.29. The minimum absolute atomic E-state index is 0.0446. The van der Waals surface area contributed by atoms with Gasteiger partial charge >= 0.3 is 5.97 Å². The number of amides is 1. The average Bonchev–Trinajstić information content (AvgIpc) is 2.75. The maximum Gasteiger partial charge on any atom is 0.338 e. The van der Waals surface area contributed by atoms with Crippen LogP contribution in [0.25, 0.3) is 0 Å². The summed E-state index contributed by atoms with van der Waals surface area (Å²) in [5, 5.41) is 11.3. The molecule has 0 saturated carbocycles. The Morgan fingerprint density at radius 3 is 2.72 bits per heavy atom. The molecule has 0 fully saturated rings. The van der Waals surface area contributed by atoms with Crippen molar-refractivity contribution in [3.8, 4) is 0 Å². The largest absolute Gasteiger partial charge is 0.478 e. The number of nitrogens with one attached hydrogen (secondary N) is 1. The Morgan fingerprint density at radius 2 is 2.22 bits per heavy atom. The third kappa shape index (κ3) is 4.33. The van der Waals surface area contributed by atoms with Crippen LogP contribution in [-0.4, -0.2) is 39.2 Å². The van der Waals surface area contributed by atoms with Crippen LogP contribution in [-0.2, 0) is 10.8 Å². The zero-order chi connectivity index (χ0) is 13.7. The highest BCUT2D eigenvalue weighted by Gasteiger charge is 2.16. The van der Waals surface area contributed by atoms with Crippen molar-refractivity contribution in [3.63, 3.8) is 0 Å². The van der Waals surface area contributed by atoms with Gasteiger partial charge in [-0.1, -0.05) is 0 Å². The maximum atomic E-state index is 11.7. The van der Waals surface area contributed by atoms with Crippen LogP contribution in [0.4, 0.5) is 0 Å². The lowest BCUT2D eigenvalue weighted by molar-refractivity contribution is 0.0695. The highest BCUT2D eigenvalue weighted by molar-refractivity contribution is 7.84.